The number of carboxylic acids is 3. The largest absolute Gasteiger partial charge is 0.573 e. The lowest BCUT2D eigenvalue weighted by molar-refractivity contribution is -0.274. The third-order valence-electron chi connectivity index (χ3n) is 5.66. The number of aliphatic carboxylic acids is 3. The second kappa shape index (κ2) is 18.6. The number of hydrogen-bond donors (Lipinski definition) is 5. The Labute approximate surface area is 287 Å². The summed E-state index contributed by atoms with van der Waals surface area (Å²) < 4.78 is 143. The maximum absolute atomic E-state index is 12.6. The number of carbonyl (C=O) groups is 3. The Kier molecular flexibility index (Phi) is 15.9. The zero-order valence-corrected chi connectivity index (χ0v) is 26.2. The molecule has 2 aromatic carbocycles. The lowest BCUT2D eigenvalue weighted by Crippen LogP contribution is -2.30. The highest BCUT2D eigenvalue weighted by molar-refractivity contribution is 5.86. The molecule has 0 aliphatic carbocycles. The highest BCUT2D eigenvalue weighted by Gasteiger charge is 2.39. The highest BCUT2D eigenvalue weighted by atomic mass is 19.4. The van der Waals surface area contributed by atoms with Crippen molar-refractivity contribution in [1.29, 1.82) is 0 Å². The van der Waals surface area contributed by atoms with E-state index < -0.39 is 48.8 Å². The highest BCUT2D eigenvalue weighted by Crippen LogP contribution is 2.29. The van der Waals surface area contributed by atoms with Crippen molar-refractivity contribution in [3.05, 3.63) is 72.2 Å². The van der Waals surface area contributed by atoms with Crippen LogP contribution in [0.25, 0.3) is 22.0 Å². The van der Waals surface area contributed by atoms with Gasteiger partial charge in [0.2, 0.25) is 0 Å². The average molecular weight is 785 g/mol. The van der Waals surface area contributed by atoms with Gasteiger partial charge in [0.15, 0.2) is 0 Å². The van der Waals surface area contributed by atoms with Crippen molar-refractivity contribution in [3.63, 3.8) is 0 Å². The number of alkyl halides is 12. The molecule has 2 aromatic heterocycles. The van der Waals surface area contributed by atoms with Crippen LogP contribution in [0.3, 0.4) is 0 Å². The van der Waals surface area contributed by atoms with E-state index >= 15 is 0 Å². The number of ether oxygens (including phenoxy) is 2. The van der Waals surface area contributed by atoms with Crippen molar-refractivity contribution in [2.24, 2.45) is 5.73 Å². The second-order valence-corrected chi connectivity index (χ2v) is 9.83. The number of nitrogens with one attached hydrogen (secondary N) is 1. The van der Waals surface area contributed by atoms with Gasteiger partial charge < -0.3 is 30.5 Å². The van der Waals surface area contributed by atoms with E-state index in [1.165, 1.54) is 12.1 Å². The molecule has 0 radical (unpaired) electrons. The van der Waals surface area contributed by atoms with E-state index in [0.717, 1.165) is 27.7 Å². The number of hydrogen-bond acceptors (Lipinski definition) is 8. The number of para-hydroxylation sites is 1. The van der Waals surface area contributed by atoms with Crippen LogP contribution in [0.1, 0.15) is 11.3 Å². The van der Waals surface area contributed by atoms with Crippen molar-refractivity contribution in [2.75, 3.05) is 6.61 Å². The fourth-order valence-corrected chi connectivity index (χ4v) is 3.41. The predicted molar refractivity (Wildman–Crippen MR) is 155 cm³/mol. The third kappa shape index (κ3) is 16.8. The second-order valence-electron chi connectivity index (χ2n) is 9.83. The van der Waals surface area contributed by atoms with Crippen molar-refractivity contribution < 1.29 is 91.9 Å². The van der Waals surface area contributed by atoms with Gasteiger partial charge in [-0.3, -0.25) is 10.1 Å². The van der Waals surface area contributed by atoms with Gasteiger partial charge in [0.25, 0.3) is 0 Å². The van der Waals surface area contributed by atoms with Crippen LogP contribution < -0.4 is 15.2 Å². The fraction of sp³-hybridized carbons (Fsp3) is 0.276. The molecule has 12 nitrogen and oxygen atoms in total. The van der Waals surface area contributed by atoms with Gasteiger partial charge in [-0.05, 0) is 48.7 Å². The zero-order valence-electron chi connectivity index (χ0n) is 26.2. The minimum atomic E-state index is -5.08. The van der Waals surface area contributed by atoms with Crippen LogP contribution in [0.5, 0.6) is 11.5 Å². The average Bonchev–Trinajstić information content (AvgIpc) is 3.39. The summed E-state index contributed by atoms with van der Waals surface area (Å²) in [5, 5.41) is 29.6. The standard InChI is InChI=1S/C23H21F3N4O2.3C2HF3O2/c1-14-20-10-15(6-7-21(20)30-29-14)17-9-19(12-28-11-17)31-13-18(27)8-16-4-2-3-5-22(16)32-23(24,25)26;3*3-2(4,5)1(6)7/h2-7,9-12,18H,8,13,27H2,1H3,(H,29,30);3*(H,6,7)/t18-;;;/m0.../s1. The summed E-state index contributed by atoms with van der Waals surface area (Å²) in [6.45, 7) is 2.06. The molecule has 0 aliphatic heterocycles. The predicted octanol–water partition coefficient (Wildman–Crippen LogP) is 6.68. The Hall–Kier alpha value is -5.81. The smallest absolute Gasteiger partial charge is 0.490 e. The number of aromatic nitrogens is 3. The van der Waals surface area contributed by atoms with Crippen LogP contribution in [0.2, 0.25) is 0 Å². The molecule has 0 fully saturated rings. The molecule has 6 N–H and O–H groups in total. The summed E-state index contributed by atoms with van der Waals surface area (Å²) in [6, 6.07) is 13.1. The molecule has 4 rings (SSSR count). The van der Waals surface area contributed by atoms with Crippen molar-refractivity contribution in [1.82, 2.24) is 15.2 Å². The molecule has 0 spiro atoms. The Morgan fingerprint density at radius 1 is 0.774 bits per heavy atom. The van der Waals surface area contributed by atoms with Gasteiger partial charge >= 0.3 is 42.8 Å². The van der Waals surface area contributed by atoms with Gasteiger partial charge in [-0.1, -0.05) is 24.3 Å². The lowest BCUT2D eigenvalue weighted by Gasteiger charge is -2.17. The molecule has 1 atom stereocenters. The first-order valence-electron chi connectivity index (χ1n) is 13.6. The summed E-state index contributed by atoms with van der Waals surface area (Å²) in [5.41, 5.74) is 10.1. The van der Waals surface area contributed by atoms with E-state index in [4.69, 9.17) is 40.2 Å². The number of H-pyrrole nitrogens is 1. The quantitative estimate of drug-likeness (QED) is 0.125. The van der Waals surface area contributed by atoms with Crippen LogP contribution in [0, 0.1) is 6.92 Å². The number of carboxylic acid groups (broad SMARTS) is 3. The molecule has 24 heteroatoms. The number of halogens is 12. The maximum atomic E-state index is 12.6. The first-order valence-corrected chi connectivity index (χ1v) is 13.6. The van der Waals surface area contributed by atoms with Crippen molar-refractivity contribution in [2.45, 2.75) is 44.3 Å². The number of benzene rings is 2. The minimum absolute atomic E-state index is 0.103. The maximum Gasteiger partial charge on any atom is 0.573 e. The van der Waals surface area contributed by atoms with Gasteiger partial charge in [-0.15, -0.1) is 13.2 Å². The first-order chi connectivity index (χ1) is 24.1. The minimum Gasteiger partial charge on any atom is -0.490 e. The van der Waals surface area contributed by atoms with Crippen molar-refractivity contribution in [3.8, 4) is 22.6 Å². The monoisotopic (exact) mass is 784 g/mol. The van der Waals surface area contributed by atoms with Crippen molar-refractivity contribution >= 4 is 28.8 Å². The van der Waals surface area contributed by atoms with Crippen LogP contribution >= 0.6 is 0 Å². The topological polar surface area (TPSA) is 198 Å². The zero-order chi connectivity index (χ0) is 40.9. The van der Waals surface area contributed by atoms with Gasteiger partial charge in [0.05, 0.1) is 11.7 Å². The molecule has 53 heavy (non-hydrogen) atoms. The Balaban J connectivity index is 0.000000545. The number of aromatic amines is 1. The Bertz CT molecular complexity index is 1770. The summed E-state index contributed by atoms with van der Waals surface area (Å²) in [4.78, 5) is 30.9. The first kappa shape index (κ1) is 45.2. The van der Waals surface area contributed by atoms with Crippen LogP contribution in [-0.2, 0) is 20.8 Å². The SMILES string of the molecule is Cc1[nH]nc2ccc(-c3cncc(OC[C@@H](N)Cc4ccccc4OC(F)(F)F)c3)cc12.O=C(O)C(F)(F)F.O=C(O)C(F)(F)F.O=C(O)C(F)(F)F. The molecule has 0 saturated heterocycles. The molecule has 4 aromatic rings. The van der Waals surface area contributed by atoms with E-state index in [1.54, 1.807) is 24.5 Å². The molecule has 0 unspecified atom stereocenters. The molecular weight excluding hydrogens is 760 g/mol. The van der Waals surface area contributed by atoms with Gasteiger partial charge in [-0.2, -0.15) is 44.6 Å². The fourth-order valence-electron chi connectivity index (χ4n) is 3.41. The number of fused-ring (bicyclic) bond motifs is 1. The van der Waals surface area contributed by atoms with Gasteiger partial charge in [0.1, 0.15) is 18.1 Å². The van der Waals surface area contributed by atoms with Crippen LogP contribution in [0.15, 0.2) is 60.9 Å². The summed E-state index contributed by atoms with van der Waals surface area (Å²) in [7, 11) is 0. The van der Waals surface area contributed by atoms with E-state index in [1.807, 2.05) is 31.2 Å². The van der Waals surface area contributed by atoms with E-state index in [9.17, 15) is 52.7 Å². The molecular formula is C29H24F12N4O8. The molecule has 0 bridgehead atoms. The number of rotatable bonds is 7. The van der Waals surface area contributed by atoms with Gasteiger partial charge in [0, 0.05) is 28.9 Å². The van der Waals surface area contributed by atoms with Crippen LogP contribution in [-0.4, -0.2) is 85.9 Å². The number of aryl methyl sites for hydroxylation is 1. The lowest BCUT2D eigenvalue weighted by atomic mass is 10.0. The Morgan fingerprint density at radius 3 is 1.77 bits per heavy atom. The van der Waals surface area contributed by atoms with E-state index in [0.29, 0.717) is 11.3 Å². The molecule has 2 heterocycles. The summed E-state index contributed by atoms with van der Waals surface area (Å²) in [6.07, 6.45) is -16.6. The number of nitrogens with zero attached hydrogens (tertiary/aromatic N) is 2. The molecule has 0 saturated carbocycles. The summed E-state index contributed by atoms with van der Waals surface area (Å²) >= 11 is 0. The van der Waals surface area contributed by atoms with E-state index in [-0.39, 0.29) is 18.8 Å². The number of pyridine rings is 1. The van der Waals surface area contributed by atoms with Crippen LogP contribution in [0.4, 0.5) is 52.7 Å². The normalized spacial score (nSPS) is 12.1. The number of nitrogens with two attached hydrogens (primary N) is 1. The molecule has 0 aliphatic rings. The molecule has 292 valence electrons. The van der Waals surface area contributed by atoms with Gasteiger partial charge in [-0.25, -0.2) is 14.4 Å². The Morgan fingerprint density at radius 2 is 1.28 bits per heavy atom. The van der Waals surface area contributed by atoms with E-state index in [2.05, 4.69) is 19.9 Å². The summed E-state index contributed by atoms with van der Waals surface area (Å²) in [5.74, 6) is -8.02. The third-order valence-corrected chi connectivity index (χ3v) is 5.66. The molecule has 0 amide bonds.